The average Bonchev–Trinajstić information content (AvgIpc) is 2.55. The fourth-order valence-electron chi connectivity index (χ4n) is 2.03. The summed E-state index contributed by atoms with van der Waals surface area (Å²) in [6.45, 7) is 5.13. The van der Waals surface area contributed by atoms with Crippen molar-refractivity contribution in [2.24, 2.45) is 0 Å². The standard InChI is InChI=1S/C13H14N2O2/c1-8-13(10(3)16)9(2)15(14-8)11-6-4-5-7-12(11)17/h4-7,17H,1-3H3. The van der Waals surface area contributed by atoms with Crippen molar-refractivity contribution in [3.05, 3.63) is 41.2 Å². The second-order valence-electron chi connectivity index (χ2n) is 4.00. The summed E-state index contributed by atoms with van der Waals surface area (Å²) in [5.41, 5.74) is 2.63. The van der Waals surface area contributed by atoms with Gasteiger partial charge < -0.3 is 5.11 Å². The van der Waals surface area contributed by atoms with Crippen LogP contribution < -0.4 is 0 Å². The predicted octanol–water partition coefficient (Wildman–Crippen LogP) is 2.40. The van der Waals surface area contributed by atoms with Gasteiger partial charge >= 0.3 is 0 Å². The molecule has 0 aliphatic rings. The minimum Gasteiger partial charge on any atom is -0.506 e. The van der Waals surface area contributed by atoms with Gasteiger partial charge in [-0.3, -0.25) is 4.79 Å². The van der Waals surface area contributed by atoms with Gasteiger partial charge in [0.2, 0.25) is 0 Å². The number of nitrogens with zero attached hydrogens (tertiary/aromatic N) is 2. The molecule has 0 radical (unpaired) electrons. The smallest absolute Gasteiger partial charge is 0.163 e. The van der Waals surface area contributed by atoms with Gasteiger partial charge in [0.15, 0.2) is 5.78 Å². The van der Waals surface area contributed by atoms with Crippen molar-refractivity contribution in [1.29, 1.82) is 0 Å². The molecule has 0 unspecified atom stereocenters. The minimum absolute atomic E-state index is 0.0123. The van der Waals surface area contributed by atoms with Crippen LogP contribution in [-0.2, 0) is 0 Å². The lowest BCUT2D eigenvalue weighted by Crippen LogP contribution is -2.01. The van der Waals surface area contributed by atoms with E-state index in [0.29, 0.717) is 16.9 Å². The highest BCUT2D eigenvalue weighted by molar-refractivity contribution is 5.96. The highest BCUT2D eigenvalue weighted by atomic mass is 16.3. The number of rotatable bonds is 2. The van der Waals surface area contributed by atoms with E-state index in [1.165, 1.54) is 6.92 Å². The fraction of sp³-hybridized carbons (Fsp3) is 0.231. The van der Waals surface area contributed by atoms with Crippen molar-refractivity contribution >= 4 is 5.78 Å². The second-order valence-corrected chi connectivity index (χ2v) is 4.00. The minimum atomic E-state index is -0.0123. The maximum atomic E-state index is 11.5. The Morgan fingerprint density at radius 2 is 1.94 bits per heavy atom. The molecule has 17 heavy (non-hydrogen) atoms. The molecule has 0 atom stereocenters. The molecule has 0 amide bonds. The molecule has 2 aromatic rings. The number of hydrogen-bond donors (Lipinski definition) is 1. The van der Waals surface area contributed by atoms with Crippen LogP contribution in [0.3, 0.4) is 0 Å². The molecule has 2 rings (SSSR count). The maximum Gasteiger partial charge on any atom is 0.163 e. The lowest BCUT2D eigenvalue weighted by Gasteiger charge is -2.06. The number of ketones is 1. The molecule has 1 N–H and O–H groups in total. The van der Waals surface area contributed by atoms with E-state index < -0.39 is 0 Å². The molecule has 1 heterocycles. The van der Waals surface area contributed by atoms with Gasteiger partial charge in [-0.25, -0.2) is 4.68 Å². The number of aryl methyl sites for hydroxylation is 1. The summed E-state index contributed by atoms with van der Waals surface area (Å²) in [4.78, 5) is 11.5. The van der Waals surface area contributed by atoms with Gasteiger partial charge in [0, 0.05) is 0 Å². The monoisotopic (exact) mass is 230 g/mol. The number of carbonyl (C=O) groups is 1. The van der Waals surface area contributed by atoms with E-state index in [1.807, 2.05) is 13.0 Å². The lowest BCUT2D eigenvalue weighted by molar-refractivity contribution is 0.101. The van der Waals surface area contributed by atoms with Crippen molar-refractivity contribution < 1.29 is 9.90 Å². The third-order valence-corrected chi connectivity index (χ3v) is 2.75. The first-order chi connectivity index (χ1) is 8.02. The van der Waals surface area contributed by atoms with E-state index in [4.69, 9.17) is 0 Å². The van der Waals surface area contributed by atoms with Crippen molar-refractivity contribution in [2.75, 3.05) is 0 Å². The summed E-state index contributed by atoms with van der Waals surface area (Å²) in [5.74, 6) is 0.134. The summed E-state index contributed by atoms with van der Waals surface area (Å²) in [6.07, 6.45) is 0. The van der Waals surface area contributed by atoms with Gasteiger partial charge in [0.1, 0.15) is 11.4 Å². The topological polar surface area (TPSA) is 55.1 Å². The zero-order valence-electron chi connectivity index (χ0n) is 10.1. The molecule has 0 saturated heterocycles. The number of benzene rings is 1. The Morgan fingerprint density at radius 3 is 2.47 bits per heavy atom. The molecule has 4 nitrogen and oxygen atoms in total. The van der Waals surface area contributed by atoms with E-state index in [9.17, 15) is 9.90 Å². The molecular weight excluding hydrogens is 216 g/mol. The SMILES string of the molecule is CC(=O)c1c(C)nn(-c2ccccc2O)c1C. The van der Waals surface area contributed by atoms with Gasteiger partial charge in [-0.2, -0.15) is 5.10 Å². The molecule has 0 aliphatic carbocycles. The van der Waals surface area contributed by atoms with Crippen LogP contribution in [0.4, 0.5) is 0 Å². The molecule has 0 spiro atoms. The van der Waals surface area contributed by atoms with Crippen LogP contribution in [-0.4, -0.2) is 20.7 Å². The van der Waals surface area contributed by atoms with Crippen LogP contribution in [0.25, 0.3) is 5.69 Å². The Kier molecular flexibility index (Phi) is 2.71. The zero-order chi connectivity index (χ0) is 12.6. The van der Waals surface area contributed by atoms with E-state index in [0.717, 1.165) is 5.69 Å². The third kappa shape index (κ3) is 1.82. The van der Waals surface area contributed by atoms with Gasteiger partial charge in [-0.05, 0) is 32.9 Å². The van der Waals surface area contributed by atoms with Crippen LogP contribution >= 0.6 is 0 Å². The fourth-order valence-corrected chi connectivity index (χ4v) is 2.03. The summed E-state index contributed by atoms with van der Waals surface area (Å²) < 4.78 is 1.60. The van der Waals surface area contributed by atoms with E-state index >= 15 is 0 Å². The quantitative estimate of drug-likeness (QED) is 0.806. The maximum absolute atomic E-state index is 11.5. The molecular formula is C13H14N2O2. The number of carbonyl (C=O) groups excluding carboxylic acids is 1. The molecule has 4 heteroatoms. The van der Waals surface area contributed by atoms with Crippen LogP contribution in [0.2, 0.25) is 0 Å². The van der Waals surface area contributed by atoms with Crippen LogP contribution in [0, 0.1) is 13.8 Å². The second kappa shape index (κ2) is 4.05. The number of para-hydroxylation sites is 2. The molecule has 0 fully saturated rings. The summed E-state index contributed by atoms with van der Waals surface area (Å²) in [6, 6.07) is 6.92. The van der Waals surface area contributed by atoms with E-state index in [1.54, 1.807) is 29.8 Å². The predicted molar refractivity (Wildman–Crippen MR) is 64.7 cm³/mol. The van der Waals surface area contributed by atoms with Crippen LogP contribution in [0.1, 0.15) is 28.7 Å². The first kappa shape index (κ1) is 11.4. The molecule has 0 bridgehead atoms. The largest absolute Gasteiger partial charge is 0.506 e. The third-order valence-electron chi connectivity index (χ3n) is 2.75. The summed E-state index contributed by atoms with van der Waals surface area (Å²) in [7, 11) is 0. The van der Waals surface area contributed by atoms with Crippen molar-refractivity contribution in [2.45, 2.75) is 20.8 Å². The Labute approximate surface area is 99.5 Å². The van der Waals surface area contributed by atoms with Crippen molar-refractivity contribution in [3.63, 3.8) is 0 Å². The Hall–Kier alpha value is -2.10. The molecule has 0 aliphatic heterocycles. The number of aromatic hydroxyl groups is 1. The van der Waals surface area contributed by atoms with Gasteiger partial charge in [0.25, 0.3) is 0 Å². The van der Waals surface area contributed by atoms with Gasteiger partial charge in [0.05, 0.1) is 17.0 Å². The van der Waals surface area contributed by atoms with Crippen LogP contribution in [0.15, 0.2) is 24.3 Å². The Bertz CT molecular complexity index is 585. The Balaban J connectivity index is 2.66. The van der Waals surface area contributed by atoms with Crippen LogP contribution in [0.5, 0.6) is 5.75 Å². The molecule has 1 aromatic heterocycles. The first-order valence-corrected chi connectivity index (χ1v) is 5.38. The Morgan fingerprint density at radius 1 is 1.29 bits per heavy atom. The normalized spacial score (nSPS) is 10.5. The van der Waals surface area contributed by atoms with Crippen molar-refractivity contribution in [1.82, 2.24) is 9.78 Å². The van der Waals surface area contributed by atoms with E-state index in [2.05, 4.69) is 5.10 Å². The van der Waals surface area contributed by atoms with Gasteiger partial charge in [-0.15, -0.1) is 0 Å². The van der Waals surface area contributed by atoms with Gasteiger partial charge in [-0.1, -0.05) is 12.1 Å². The van der Waals surface area contributed by atoms with E-state index in [-0.39, 0.29) is 11.5 Å². The number of phenolic OH excluding ortho intramolecular Hbond substituents is 1. The molecule has 1 aromatic carbocycles. The average molecular weight is 230 g/mol. The first-order valence-electron chi connectivity index (χ1n) is 5.38. The lowest BCUT2D eigenvalue weighted by atomic mass is 10.1. The zero-order valence-corrected chi connectivity index (χ0v) is 10.1. The number of Topliss-reactive ketones (excluding diaryl/α,β-unsaturated/α-hetero) is 1. The number of aromatic nitrogens is 2. The number of phenols is 1. The molecule has 0 saturated carbocycles. The molecule has 88 valence electrons. The summed E-state index contributed by atoms with van der Waals surface area (Å²) >= 11 is 0. The number of hydrogen-bond acceptors (Lipinski definition) is 3. The van der Waals surface area contributed by atoms with Crippen molar-refractivity contribution in [3.8, 4) is 11.4 Å². The summed E-state index contributed by atoms with van der Waals surface area (Å²) in [5, 5.41) is 14.1. The highest BCUT2D eigenvalue weighted by Crippen LogP contribution is 2.24. The highest BCUT2D eigenvalue weighted by Gasteiger charge is 2.17.